The van der Waals surface area contributed by atoms with E-state index in [9.17, 15) is 4.79 Å². The van der Waals surface area contributed by atoms with Crippen LogP contribution in [0.4, 0.5) is 10.5 Å². The van der Waals surface area contributed by atoms with Crippen molar-refractivity contribution in [1.29, 1.82) is 0 Å². The molecule has 1 aromatic rings. The van der Waals surface area contributed by atoms with E-state index in [1.165, 1.54) is 19.3 Å². The Morgan fingerprint density at radius 3 is 2.33 bits per heavy atom. The van der Waals surface area contributed by atoms with Crippen molar-refractivity contribution in [3.05, 3.63) is 30.3 Å². The fraction of sp³-hybridized carbons (Fsp3) is 0.611. The van der Waals surface area contributed by atoms with Gasteiger partial charge >= 0.3 is 6.03 Å². The Morgan fingerprint density at radius 1 is 1.14 bits per heavy atom. The van der Waals surface area contributed by atoms with E-state index in [0.717, 1.165) is 25.1 Å². The molecule has 0 heterocycles. The molecule has 2 amide bonds. The first-order valence-electron chi connectivity index (χ1n) is 8.08. The molecule has 1 fully saturated rings. The molecule has 0 atom stereocenters. The topological polar surface area (TPSA) is 32.3 Å². The van der Waals surface area contributed by atoms with E-state index in [4.69, 9.17) is 0 Å². The van der Waals surface area contributed by atoms with Crippen LogP contribution < -0.4 is 5.32 Å². The average Bonchev–Trinajstić information content (AvgIpc) is 2.46. The summed E-state index contributed by atoms with van der Waals surface area (Å²) in [5, 5.41) is 3.05. The monoisotopic (exact) mass is 288 g/mol. The molecule has 0 spiro atoms. The maximum atomic E-state index is 12.7. The first-order valence-corrected chi connectivity index (χ1v) is 8.08. The molecule has 1 aliphatic rings. The van der Waals surface area contributed by atoms with Gasteiger partial charge in [-0.15, -0.1) is 0 Å². The predicted molar refractivity (Wildman–Crippen MR) is 88.5 cm³/mol. The number of urea groups is 1. The number of amides is 2. The van der Waals surface area contributed by atoms with E-state index in [0.29, 0.717) is 6.04 Å². The third-order valence-electron chi connectivity index (χ3n) is 3.95. The number of rotatable bonds is 3. The molecule has 0 bridgehead atoms. The van der Waals surface area contributed by atoms with Crippen molar-refractivity contribution >= 4 is 11.7 Å². The van der Waals surface area contributed by atoms with Gasteiger partial charge in [-0.25, -0.2) is 4.79 Å². The van der Waals surface area contributed by atoms with Gasteiger partial charge in [0.2, 0.25) is 0 Å². The highest BCUT2D eigenvalue weighted by Crippen LogP contribution is 2.26. The standard InChI is InChI=1S/C18H28N2O/c1-18(2,3)14-20(16-12-8-5-9-13-16)17(21)19-15-10-6-4-7-11-15/h4,6-7,10-11,16H,5,8-9,12-14H2,1-3H3,(H,19,21). The quantitative estimate of drug-likeness (QED) is 0.843. The number of para-hydroxylation sites is 1. The molecule has 1 saturated carbocycles. The van der Waals surface area contributed by atoms with Crippen LogP contribution >= 0.6 is 0 Å². The molecule has 0 radical (unpaired) electrons. The minimum atomic E-state index is 0.0445. The molecule has 21 heavy (non-hydrogen) atoms. The van der Waals surface area contributed by atoms with Crippen molar-refractivity contribution in [2.24, 2.45) is 5.41 Å². The first-order chi connectivity index (χ1) is 9.96. The molecule has 0 aromatic heterocycles. The van der Waals surface area contributed by atoms with E-state index in [1.54, 1.807) is 0 Å². The molecule has 116 valence electrons. The molecule has 3 nitrogen and oxygen atoms in total. The summed E-state index contributed by atoms with van der Waals surface area (Å²) >= 11 is 0. The van der Waals surface area contributed by atoms with Gasteiger partial charge in [-0.05, 0) is 30.4 Å². The highest BCUT2D eigenvalue weighted by molar-refractivity contribution is 5.89. The summed E-state index contributed by atoms with van der Waals surface area (Å²) in [7, 11) is 0. The van der Waals surface area contributed by atoms with Crippen LogP contribution in [0.3, 0.4) is 0 Å². The summed E-state index contributed by atoms with van der Waals surface area (Å²) in [6.45, 7) is 7.38. The third-order valence-corrected chi connectivity index (χ3v) is 3.95. The number of hydrogen-bond acceptors (Lipinski definition) is 1. The maximum absolute atomic E-state index is 12.7. The summed E-state index contributed by atoms with van der Waals surface area (Å²) in [4.78, 5) is 14.8. The van der Waals surface area contributed by atoms with E-state index in [-0.39, 0.29) is 11.4 Å². The van der Waals surface area contributed by atoms with Gasteiger partial charge in [-0.2, -0.15) is 0 Å². The number of anilines is 1. The lowest BCUT2D eigenvalue weighted by Gasteiger charge is -2.38. The van der Waals surface area contributed by atoms with Crippen LogP contribution in [-0.4, -0.2) is 23.5 Å². The van der Waals surface area contributed by atoms with Crippen molar-refractivity contribution in [2.45, 2.75) is 58.9 Å². The second-order valence-electron chi connectivity index (χ2n) is 7.28. The minimum absolute atomic E-state index is 0.0445. The molecule has 0 aliphatic heterocycles. The summed E-state index contributed by atoms with van der Waals surface area (Å²) < 4.78 is 0. The summed E-state index contributed by atoms with van der Waals surface area (Å²) in [5.74, 6) is 0. The fourth-order valence-corrected chi connectivity index (χ4v) is 2.99. The Kier molecular flexibility index (Phi) is 5.27. The normalized spacial score (nSPS) is 16.5. The van der Waals surface area contributed by atoms with Crippen LogP contribution in [-0.2, 0) is 0 Å². The molecule has 1 aromatic carbocycles. The van der Waals surface area contributed by atoms with Crippen molar-refractivity contribution in [3.8, 4) is 0 Å². The molecule has 1 aliphatic carbocycles. The van der Waals surface area contributed by atoms with E-state index in [1.807, 2.05) is 30.3 Å². The van der Waals surface area contributed by atoms with Gasteiger partial charge < -0.3 is 10.2 Å². The summed E-state index contributed by atoms with van der Waals surface area (Å²) in [6.07, 6.45) is 6.06. The first kappa shape index (κ1) is 15.9. The van der Waals surface area contributed by atoms with E-state index < -0.39 is 0 Å². The van der Waals surface area contributed by atoms with Crippen LogP contribution in [0.5, 0.6) is 0 Å². The van der Waals surface area contributed by atoms with Gasteiger partial charge in [-0.3, -0.25) is 0 Å². The van der Waals surface area contributed by atoms with E-state index >= 15 is 0 Å². The van der Waals surface area contributed by atoms with Crippen molar-refractivity contribution < 1.29 is 4.79 Å². The van der Waals surface area contributed by atoms with Gasteiger partial charge in [0.05, 0.1) is 0 Å². The number of hydrogen-bond donors (Lipinski definition) is 1. The number of benzene rings is 1. The van der Waals surface area contributed by atoms with Gasteiger partial charge in [0.25, 0.3) is 0 Å². The number of carbonyl (C=O) groups is 1. The average molecular weight is 288 g/mol. The van der Waals surface area contributed by atoms with Crippen LogP contribution in [0, 0.1) is 5.41 Å². The van der Waals surface area contributed by atoms with Crippen molar-refractivity contribution in [2.75, 3.05) is 11.9 Å². The van der Waals surface area contributed by atoms with Gasteiger partial charge in [0, 0.05) is 18.3 Å². The Labute approximate surface area is 128 Å². The Morgan fingerprint density at radius 2 is 1.76 bits per heavy atom. The van der Waals surface area contributed by atoms with Gasteiger partial charge in [0.15, 0.2) is 0 Å². The lowest BCUT2D eigenvalue weighted by molar-refractivity contribution is 0.136. The molecule has 0 unspecified atom stereocenters. The highest BCUT2D eigenvalue weighted by Gasteiger charge is 2.29. The lowest BCUT2D eigenvalue weighted by atomic mass is 9.90. The van der Waals surface area contributed by atoms with Crippen LogP contribution in [0.15, 0.2) is 30.3 Å². The largest absolute Gasteiger partial charge is 0.322 e. The zero-order valence-electron chi connectivity index (χ0n) is 13.6. The van der Waals surface area contributed by atoms with Crippen LogP contribution in [0.1, 0.15) is 52.9 Å². The Balaban J connectivity index is 2.08. The van der Waals surface area contributed by atoms with Crippen LogP contribution in [0.2, 0.25) is 0 Å². The van der Waals surface area contributed by atoms with E-state index in [2.05, 4.69) is 31.0 Å². The molecule has 1 N–H and O–H groups in total. The second kappa shape index (κ2) is 6.97. The third kappa shape index (κ3) is 5.07. The van der Waals surface area contributed by atoms with Crippen LogP contribution in [0.25, 0.3) is 0 Å². The minimum Gasteiger partial charge on any atom is -0.321 e. The lowest BCUT2D eigenvalue weighted by Crippen LogP contribution is -2.47. The second-order valence-corrected chi connectivity index (χ2v) is 7.28. The van der Waals surface area contributed by atoms with Gasteiger partial charge in [-0.1, -0.05) is 58.2 Å². The molecule has 2 rings (SSSR count). The predicted octanol–water partition coefficient (Wildman–Crippen LogP) is 4.90. The van der Waals surface area contributed by atoms with Crippen molar-refractivity contribution in [1.82, 2.24) is 4.90 Å². The highest BCUT2D eigenvalue weighted by atomic mass is 16.2. The molecular formula is C18H28N2O. The number of carbonyl (C=O) groups excluding carboxylic acids is 1. The zero-order chi connectivity index (χ0) is 15.3. The molecule has 3 heteroatoms. The summed E-state index contributed by atoms with van der Waals surface area (Å²) in [5.41, 5.74) is 0.989. The SMILES string of the molecule is CC(C)(C)CN(C(=O)Nc1ccccc1)C1CCCCC1. The Bertz CT molecular complexity index is 444. The number of nitrogens with one attached hydrogen (secondary N) is 1. The summed E-state index contributed by atoms with van der Waals surface area (Å²) in [6, 6.07) is 10.2. The Hall–Kier alpha value is -1.51. The fourth-order valence-electron chi connectivity index (χ4n) is 2.99. The zero-order valence-corrected chi connectivity index (χ0v) is 13.6. The van der Waals surface area contributed by atoms with Crippen molar-refractivity contribution in [3.63, 3.8) is 0 Å². The molecular weight excluding hydrogens is 260 g/mol. The van der Waals surface area contributed by atoms with Gasteiger partial charge in [0.1, 0.15) is 0 Å². The maximum Gasteiger partial charge on any atom is 0.322 e. The molecule has 0 saturated heterocycles. The smallest absolute Gasteiger partial charge is 0.321 e. The number of nitrogens with zero attached hydrogens (tertiary/aromatic N) is 1.